The summed E-state index contributed by atoms with van der Waals surface area (Å²) in [4.78, 5) is 12.8. The second-order valence-corrected chi connectivity index (χ2v) is 5.42. The lowest BCUT2D eigenvalue weighted by Gasteiger charge is -2.12. The number of rotatable bonds is 6. The molecule has 3 heteroatoms. The first kappa shape index (κ1) is 16.1. The van der Waals surface area contributed by atoms with Crippen molar-refractivity contribution in [2.75, 3.05) is 13.2 Å². The van der Waals surface area contributed by atoms with Crippen LogP contribution in [0.15, 0.2) is 60.7 Å². The number of benzene rings is 3. The molecule has 0 radical (unpaired) electrons. The lowest BCUT2D eigenvalue weighted by atomic mass is 9.99. The lowest BCUT2D eigenvalue weighted by molar-refractivity contribution is 0.103. The molecule has 3 aromatic carbocycles. The van der Waals surface area contributed by atoms with Gasteiger partial charge in [-0.3, -0.25) is 4.79 Å². The molecule has 0 amide bonds. The summed E-state index contributed by atoms with van der Waals surface area (Å²) < 4.78 is 11.2. The Morgan fingerprint density at radius 1 is 0.750 bits per heavy atom. The van der Waals surface area contributed by atoms with Gasteiger partial charge in [-0.15, -0.1) is 0 Å². The Balaban J connectivity index is 1.97. The molecular weight excluding hydrogens is 300 g/mol. The Hall–Kier alpha value is -2.81. The molecule has 0 unspecified atom stereocenters. The van der Waals surface area contributed by atoms with Crippen LogP contribution in [0.2, 0.25) is 0 Å². The fraction of sp³-hybridized carbons (Fsp3) is 0.190. The predicted molar refractivity (Wildman–Crippen MR) is 96.2 cm³/mol. The van der Waals surface area contributed by atoms with E-state index >= 15 is 0 Å². The van der Waals surface area contributed by atoms with Crippen LogP contribution in [-0.4, -0.2) is 19.0 Å². The van der Waals surface area contributed by atoms with Gasteiger partial charge in [0, 0.05) is 11.1 Å². The van der Waals surface area contributed by atoms with Gasteiger partial charge in [-0.1, -0.05) is 36.4 Å². The highest BCUT2D eigenvalue weighted by Crippen LogP contribution is 2.29. The summed E-state index contributed by atoms with van der Waals surface area (Å²) in [6, 6.07) is 19.1. The number of carbonyl (C=O) groups excluding carboxylic acids is 1. The first-order valence-corrected chi connectivity index (χ1v) is 8.16. The van der Waals surface area contributed by atoms with Crippen LogP contribution in [0.25, 0.3) is 10.8 Å². The van der Waals surface area contributed by atoms with Crippen molar-refractivity contribution < 1.29 is 14.3 Å². The molecule has 0 bridgehead atoms. The summed E-state index contributed by atoms with van der Waals surface area (Å²) in [7, 11) is 0. The number of carbonyl (C=O) groups is 1. The minimum absolute atomic E-state index is 0.0234. The monoisotopic (exact) mass is 320 g/mol. The van der Waals surface area contributed by atoms with Crippen molar-refractivity contribution in [3.05, 3.63) is 71.8 Å². The second-order valence-electron chi connectivity index (χ2n) is 5.42. The normalized spacial score (nSPS) is 10.6. The van der Waals surface area contributed by atoms with Crippen LogP contribution >= 0.6 is 0 Å². The van der Waals surface area contributed by atoms with E-state index < -0.39 is 0 Å². The third-order valence-corrected chi connectivity index (χ3v) is 3.82. The quantitative estimate of drug-likeness (QED) is 0.608. The van der Waals surface area contributed by atoms with Crippen molar-refractivity contribution in [1.82, 2.24) is 0 Å². The van der Waals surface area contributed by atoms with E-state index in [-0.39, 0.29) is 5.78 Å². The van der Waals surface area contributed by atoms with Crippen molar-refractivity contribution in [2.45, 2.75) is 13.8 Å². The summed E-state index contributed by atoms with van der Waals surface area (Å²) in [5.74, 6) is 1.24. The largest absolute Gasteiger partial charge is 0.490 e. The van der Waals surface area contributed by atoms with Crippen LogP contribution in [0.5, 0.6) is 11.5 Å². The third kappa shape index (κ3) is 3.25. The SMILES string of the molecule is CCOc1ccc(C(=O)c2ccc3ccccc3c2)cc1OCC. The molecule has 3 rings (SSSR count). The van der Waals surface area contributed by atoms with Gasteiger partial charge in [0.1, 0.15) is 0 Å². The minimum Gasteiger partial charge on any atom is -0.490 e. The third-order valence-electron chi connectivity index (χ3n) is 3.82. The zero-order chi connectivity index (χ0) is 16.9. The van der Waals surface area contributed by atoms with Crippen molar-refractivity contribution in [3.63, 3.8) is 0 Å². The molecule has 0 heterocycles. The number of fused-ring (bicyclic) bond motifs is 1. The average Bonchev–Trinajstić information content (AvgIpc) is 2.62. The summed E-state index contributed by atoms with van der Waals surface area (Å²) in [5, 5.41) is 2.18. The van der Waals surface area contributed by atoms with Gasteiger partial charge in [0.05, 0.1) is 13.2 Å². The molecule has 24 heavy (non-hydrogen) atoms. The highest BCUT2D eigenvalue weighted by atomic mass is 16.5. The van der Waals surface area contributed by atoms with Crippen LogP contribution in [0.1, 0.15) is 29.8 Å². The van der Waals surface area contributed by atoms with Crippen molar-refractivity contribution in [3.8, 4) is 11.5 Å². The molecule has 0 aliphatic heterocycles. The van der Waals surface area contributed by atoms with Gasteiger partial charge in [-0.2, -0.15) is 0 Å². The van der Waals surface area contributed by atoms with E-state index in [9.17, 15) is 4.79 Å². The molecule has 0 saturated heterocycles. The van der Waals surface area contributed by atoms with Crippen molar-refractivity contribution in [2.24, 2.45) is 0 Å². The van der Waals surface area contributed by atoms with Crippen LogP contribution in [-0.2, 0) is 0 Å². The number of ketones is 1. The Morgan fingerprint density at radius 2 is 1.38 bits per heavy atom. The van der Waals surface area contributed by atoms with Gasteiger partial charge >= 0.3 is 0 Å². The highest BCUT2D eigenvalue weighted by molar-refractivity contribution is 6.11. The van der Waals surface area contributed by atoms with E-state index in [1.165, 1.54) is 0 Å². The smallest absolute Gasteiger partial charge is 0.193 e. The fourth-order valence-corrected chi connectivity index (χ4v) is 2.69. The van der Waals surface area contributed by atoms with Crippen molar-refractivity contribution in [1.29, 1.82) is 0 Å². The van der Waals surface area contributed by atoms with E-state index in [0.717, 1.165) is 10.8 Å². The number of hydrogen-bond donors (Lipinski definition) is 0. The van der Waals surface area contributed by atoms with Crippen LogP contribution < -0.4 is 9.47 Å². The Kier molecular flexibility index (Phi) is 4.80. The minimum atomic E-state index is -0.0234. The molecule has 0 atom stereocenters. The van der Waals surface area contributed by atoms with E-state index in [2.05, 4.69) is 0 Å². The van der Waals surface area contributed by atoms with Crippen LogP contribution in [0.4, 0.5) is 0 Å². The van der Waals surface area contributed by atoms with Gasteiger partial charge in [0.2, 0.25) is 0 Å². The first-order chi connectivity index (χ1) is 11.7. The zero-order valence-corrected chi connectivity index (χ0v) is 13.9. The van der Waals surface area contributed by atoms with E-state index in [1.54, 1.807) is 18.2 Å². The standard InChI is InChI=1S/C21H20O3/c1-3-23-19-12-11-18(14-20(19)24-4-2)21(22)17-10-9-15-7-5-6-8-16(15)13-17/h5-14H,3-4H2,1-2H3. The topological polar surface area (TPSA) is 35.5 Å². The molecule has 0 N–H and O–H groups in total. The molecule has 0 aliphatic rings. The Labute approximate surface area is 141 Å². The fourth-order valence-electron chi connectivity index (χ4n) is 2.69. The molecule has 0 spiro atoms. The van der Waals surface area contributed by atoms with Gasteiger partial charge in [0.15, 0.2) is 17.3 Å². The lowest BCUT2D eigenvalue weighted by Crippen LogP contribution is -2.04. The van der Waals surface area contributed by atoms with Crippen LogP contribution in [0.3, 0.4) is 0 Å². The molecular formula is C21H20O3. The maximum absolute atomic E-state index is 12.8. The van der Waals surface area contributed by atoms with Gasteiger partial charge in [0.25, 0.3) is 0 Å². The van der Waals surface area contributed by atoms with E-state index in [0.29, 0.717) is 35.8 Å². The molecule has 0 fully saturated rings. The summed E-state index contributed by atoms with van der Waals surface area (Å²) in [6.45, 7) is 4.91. The molecule has 0 saturated carbocycles. The van der Waals surface area contributed by atoms with E-state index in [4.69, 9.17) is 9.47 Å². The maximum atomic E-state index is 12.8. The number of ether oxygens (including phenoxy) is 2. The Bertz CT molecular complexity index is 868. The van der Waals surface area contributed by atoms with Gasteiger partial charge < -0.3 is 9.47 Å². The predicted octanol–water partition coefficient (Wildman–Crippen LogP) is 4.87. The van der Waals surface area contributed by atoms with Gasteiger partial charge in [-0.05, 0) is 48.9 Å². The molecule has 122 valence electrons. The molecule has 3 aromatic rings. The first-order valence-electron chi connectivity index (χ1n) is 8.16. The zero-order valence-electron chi connectivity index (χ0n) is 13.9. The number of hydrogen-bond acceptors (Lipinski definition) is 3. The van der Waals surface area contributed by atoms with E-state index in [1.807, 2.05) is 56.3 Å². The highest BCUT2D eigenvalue weighted by Gasteiger charge is 2.13. The van der Waals surface area contributed by atoms with Crippen LogP contribution in [0, 0.1) is 0 Å². The maximum Gasteiger partial charge on any atom is 0.193 e. The van der Waals surface area contributed by atoms with Crippen molar-refractivity contribution >= 4 is 16.6 Å². The molecule has 0 aromatic heterocycles. The molecule has 3 nitrogen and oxygen atoms in total. The Morgan fingerprint density at radius 3 is 2.12 bits per heavy atom. The summed E-state index contributed by atoms with van der Waals surface area (Å²) in [5.41, 5.74) is 1.26. The molecule has 0 aliphatic carbocycles. The van der Waals surface area contributed by atoms with Gasteiger partial charge in [-0.25, -0.2) is 0 Å². The summed E-state index contributed by atoms with van der Waals surface area (Å²) in [6.07, 6.45) is 0. The summed E-state index contributed by atoms with van der Waals surface area (Å²) >= 11 is 0. The second kappa shape index (κ2) is 7.18. The average molecular weight is 320 g/mol.